The Balaban J connectivity index is 2.09. The van der Waals surface area contributed by atoms with E-state index in [0.29, 0.717) is 30.0 Å². The predicted octanol–water partition coefficient (Wildman–Crippen LogP) is 2.21. The molecule has 0 radical (unpaired) electrons. The van der Waals surface area contributed by atoms with Gasteiger partial charge < -0.3 is 15.2 Å². The number of amides is 1. The van der Waals surface area contributed by atoms with Crippen LogP contribution in [0.5, 0.6) is 11.5 Å². The van der Waals surface area contributed by atoms with E-state index in [1.54, 1.807) is 57.2 Å². The fraction of sp³-hybridized carbons (Fsp3) is 0.227. The molecule has 3 rings (SSSR count). The summed E-state index contributed by atoms with van der Waals surface area (Å²) in [7, 11) is 3.13. The molecule has 0 spiro atoms. The summed E-state index contributed by atoms with van der Waals surface area (Å²) in [5, 5.41) is 3.36. The van der Waals surface area contributed by atoms with Gasteiger partial charge in [-0.2, -0.15) is 0 Å². The number of aromatic nitrogens is 2. The molecule has 0 fully saturated rings. The zero-order valence-electron chi connectivity index (χ0n) is 16.5. The summed E-state index contributed by atoms with van der Waals surface area (Å²) in [4.78, 5) is 21.2. The normalized spacial score (nSPS) is 12.8. The zero-order valence-corrected chi connectivity index (χ0v) is 16.5. The first-order valence-corrected chi connectivity index (χ1v) is 9.14. The second kappa shape index (κ2) is 9.16. The molecule has 0 saturated carbocycles. The molecule has 3 N–H and O–H groups in total. The molecule has 0 saturated heterocycles. The molecule has 7 nitrogen and oxygen atoms in total. The molecule has 0 aliphatic carbocycles. The number of rotatable bonds is 9. The summed E-state index contributed by atoms with van der Waals surface area (Å²) in [6.07, 6.45) is 7.16. The van der Waals surface area contributed by atoms with Crippen LogP contribution in [0, 0.1) is 0 Å². The number of hydrogen-bond acceptors (Lipinski definition) is 6. The van der Waals surface area contributed by atoms with E-state index in [1.807, 2.05) is 24.3 Å². The van der Waals surface area contributed by atoms with Crippen molar-refractivity contribution in [2.75, 3.05) is 14.2 Å². The maximum Gasteiger partial charge on any atom is 0.242 e. The third-order valence-electron chi connectivity index (χ3n) is 4.80. The molecule has 0 aliphatic heterocycles. The first-order valence-electron chi connectivity index (χ1n) is 9.14. The second-order valence-electron chi connectivity index (χ2n) is 6.59. The minimum absolute atomic E-state index is 0.305. The highest BCUT2D eigenvalue weighted by Crippen LogP contribution is 2.36. The summed E-state index contributed by atoms with van der Waals surface area (Å²) >= 11 is 0. The quantitative estimate of drug-likeness (QED) is 0.579. The first-order chi connectivity index (χ1) is 14.1. The number of carbonyl (C=O) groups excluding carboxylic acids is 1. The van der Waals surface area contributed by atoms with Gasteiger partial charge in [-0.1, -0.05) is 12.1 Å². The van der Waals surface area contributed by atoms with Crippen LogP contribution in [0.15, 0.2) is 67.3 Å². The van der Waals surface area contributed by atoms with Crippen LogP contribution in [0.4, 0.5) is 0 Å². The SMILES string of the molecule is COc1ccc(C(Cc2cccnc2)(NCc2cccnc2)C(N)=O)c(OC)c1. The third kappa shape index (κ3) is 4.52. The van der Waals surface area contributed by atoms with E-state index in [0.717, 1.165) is 11.1 Å². The molecule has 2 aromatic heterocycles. The van der Waals surface area contributed by atoms with Crippen molar-refractivity contribution in [2.24, 2.45) is 5.73 Å². The Hall–Kier alpha value is -3.45. The molecule has 1 atom stereocenters. The van der Waals surface area contributed by atoms with Gasteiger partial charge in [-0.05, 0) is 35.4 Å². The van der Waals surface area contributed by atoms with Crippen molar-refractivity contribution < 1.29 is 14.3 Å². The number of methoxy groups -OCH3 is 2. The van der Waals surface area contributed by atoms with Gasteiger partial charge in [-0.25, -0.2) is 0 Å². The average molecular weight is 392 g/mol. The Kier molecular flexibility index (Phi) is 6.41. The van der Waals surface area contributed by atoms with Crippen LogP contribution in [0.2, 0.25) is 0 Å². The molecular formula is C22H24N4O3. The van der Waals surface area contributed by atoms with E-state index in [2.05, 4.69) is 15.3 Å². The smallest absolute Gasteiger partial charge is 0.242 e. The molecule has 0 aliphatic rings. The van der Waals surface area contributed by atoms with Crippen molar-refractivity contribution in [1.29, 1.82) is 0 Å². The minimum Gasteiger partial charge on any atom is -0.497 e. The lowest BCUT2D eigenvalue weighted by molar-refractivity contribution is -0.125. The number of nitrogens with one attached hydrogen (secondary N) is 1. The lowest BCUT2D eigenvalue weighted by atomic mass is 9.82. The van der Waals surface area contributed by atoms with Gasteiger partial charge in [0.25, 0.3) is 0 Å². The number of pyridine rings is 2. The van der Waals surface area contributed by atoms with E-state index in [1.165, 1.54) is 0 Å². The van der Waals surface area contributed by atoms with Crippen LogP contribution in [0.25, 0.3) is 0 Å². The van der Waals surface area contributed by atoms with E-state index in [-0.39, 0.29) is 0 Å². The van der Waals surface area contributed by atoms with Gasteiger partial charge in [-0.3, -0.25) is 20.1 Å². The maximum absolute atomic E-state index is 12.9. The lowest BCUT2D eigenvalue weighted by Gasteiger charge is -2.34. The van der Waals surface area contributed by atoms with Crippen molar-refractivity contribution in [3.8, 4) is 11.5 Å². The van der Waals surface area contributed by atoms with Crippen LogP contribution < -0.4 is 20.5 Å². The van der Waals surface area contributed by atoms with Gasteiger partial charge in [0, 0.05) is 49.4 Å². The van der Waals surface area contributed by atoms with E-state index in [4.69, 9.17) is 15.2 Å². The van der Waals surface area contributed by atoms with E-state index >= 15 is 0 Å². The highest BCUT2D eigenvalue weighted by atomic mass is 16.5. The van der Waals surface area contributed by atoms with Crippen molar-refractivity contribution >= 4 is 5.91 Å². The fourth-order valence-corrected chi connectivity index (χ4v) is 3.28. The Morgan fingerprint density at radius 1 is 1.03 bits per heavy atom. The molecule has 1 unspecified atom stereocenters. The van der Waals surface area contributed by atoms with E-state index in [9.17, 15) is 4.79 Å². The Labute approximate surface area is 169 Å². The van der Waals surface area contributed by atoms with Crippen molar-refractivity contribution in [2.45, 2.75) is 18.5 Å². The van der Waals surface area contributed by atoms with Crippen LogP contribution in [0.3, 0.4) is 0 Å². The molecule has 3 aromatic rings. The van der Waals surface area contributed by atoms with Crippen molar-refractivity contribution in [3.63, 3.8) is 0 Å². The number of nitrogens with zero attached hydrogens (tertiary/aromatic N) is 2. The van der Waals surface area contributed by atoms with Gasteiger partial charge in [-0.15, -0.1) is 0 Å². The average Bonchev–Trinajstić information content (AvgIpc) is 2.77. The summed E-state index contributed by atoms with van der Waals surface area (Å²) in [5.41, 5.74) is 7.18. The second-order valence-corrected chi connectivity index (χ2v) is 6.59. The third-order valence-corrected chi connectivity index (χ3v) is 4.80. The molecule has 7 heteroatoms. The summed E-state index contributed by atoms with van der Waals surface area (Å²) < 4.78 is 10.9. The molecule has 2 heterocycles. The molecule has 1 amide bonds. The van der Waals surface area contributed by atoms with Crippen LogP contribution in [0.1, 0.15) is 16.7 Å². The van der Waals surface area contributed by atoms with Crippen LogP contribution >= 0.6 is 0 Å². The van der Waals surface area contributed by atoms with Gasteiger partial charge in [0.1, 0.15) is 17.0 Å². The summed E-state index contributed by atoms with van der Waals surface area (Å²) in [5.74, 6) is 0.608. The number of ether oxygens (including phenoxy) is 2. The highest BCUT2D eigenvalue weighted by molar-refractivity contribution is 5.87. The number of carbonyl (C=O) groups is 1. The van der Waals surface area contributed by atoms with Crippen molar-refractivity contribution in [3.05, 3.63) is 83.9 Å². The minimum atomic E-state index is -1.23. The Morgan fingerprint density at radius 2 is 1.72 bits per heavy atom. The molecular weight excluding hydrogens is 368 g/mol. The number of hydrogen-bond donors (Lipinski definition) is 2. The molecule has 29 heavy (non-hydrogen) atoms. The number of nitrogens with two attached hydrogens (primary N) is 1. The predicted molar refractivity (Wildman–Crippen MR) is 109 cm³/mol. The molecule has 150 valence electrons. The first kappa shape index (κ1) is 20.3. The van der Waals surface area contributed by atoms with Crippen molar-refractivity contribution in [1.82, 2.24) is 15.3 Å². The number of benzene rings is 1. The summed E-state index contributed by atoms with van der Waals surface area (Å²) in [6.45, 7) is 0.395. The van der Waals surface area contributed by atoms with Crippen LogP contribution in [-0.2, 0) is 23.3 Å². The molecule has 0 bridgehead atoms. The Bertz CT molecular complexity index is 951. The fourth-order valence-electron chi connectivity index (χ4n) is 3.28. The number of primary amides is 1. The zero-order chi connectivity index (χ0) is 20.7. The maximum atomic E-state index is 12.9. The highest BCUT2D eigenvalue weighted by Gasteiger charge is 2.41. The Morgan fingerprint density at radius 3 is 2.28 bits per heavy atom. The van der Waals surface area contributed by atoms with Gasteiger partial charge >= 0.3 is 0 Å². The summed E-state index contributed by atoms with van der Waals surface area (Å²) in [6, 6.07) is 12.8. The molecule has 1 aromatic carbocycles. The van der Waals surface area contributed by atoms with Gasteiger partial charge in [0.05, 0.1) is 14.2 Å². The monoisotopic (exact) mass is 392 g/mol. The van der Waals surface area contributed by atoms with Gasteiger partial charge in [0.15, 0.2) is 0 Å². The van der Waals surface area contributed by atoms with E-state index < -0.39 is 11.4 Å². The van der Waals surface area contributed by atoms with Gasteiger partial charge in [0.2, 0.25) is 5.91 Å². The largest absolute Gasteiger partial charge is 0.497 e. The van der Waals surface area contributed by atoms with Crippen LogP contribution in [-0.4, -0.2) is 30.1 Å². The topological polar surface area (TPSA) is 99.4 Å². The lowest BCUT2D eigenvalue weighted by Crippen LogP contribution is -2.54. The standard InChI is InChI=1S/C22H24N4O3/c1-28-18-7-8-19(20(11-18)29-2)22(21(23)27,12-16-5-3-9-24-13-16)26-15-17-6-4-10-25-14-17/h3-11,13-14,26H,12,15H2,1-2H3,(H2,23,27).